The molecule has 0 aromatic carbocycles. The van der Waals surface area contributed by atoms with Gasteiger partial charge in [-0.25, -0.2) is 8.42 Å². The number of nitrogens with one attached hydrogen (secondary N) is 1. The summed E-state index contributed by atoms with van der Waals surface area (Å²) in [5.41, 5.74) is 5.71. The van der Waals surface area contributed by atoms with E-state index >= 15 is 0 Å². The second-order valence-corrected chi connectivity index (χ2v) is 6.02. The molecule has 15 heavy (non-hydrogen) atoms. The predicted molar refractivity (Wildman–Crippen MR) is 57.2 cm³/mol. The van der Waals surface area contributed by atoms with Crippen LogP contribution in [0.15, 0.2) is 17.1 Å². The van der Waals surface area contributed by atoms with Crippen molar-refractivity contribution < 1.29 is 8.42 Å². The lowest BCUT2D eigenvalue weighted by molar-refractivity contribution is 0.592. The Hall–Kier alpha value is -1.30. The highest BCUT2D eigenvalue weighted by Gasteiger charge is 2.32. The number of pyridine rings is 1. The van der Waals surface area contributed by atoms with Gasteiger partial charge in [-0.1, -0.05) is 0 Å². The third-order valence-corrected chi connectivity index (χ3v) is 4.89. The molecule has 5 nitrogen and oxygen atoms in total. The van der Waals surface area contributed by atoms with Gasteiger partial charge in [-0.05, 0) is 24.5 Å². The van der Waals surface area contributed by atoms with Crippen LogP contribution in [0.5, 0.6) is 0 Å². The van der Waals surface area contributed by atoms with Gasteiger partial charge < -0.3 is 10.7 Å². The first-order valence-corrected chi connectivity index (χ1v) is 6.42. The van der Waals surface area contributed by atoms with Crippen LogP contribution in [0, 0.1) is 0 Å². The minimum Gasteiger partial charge on any atom is -0.394 e. The number of anilines is 1. The number of aromatic amines is 1. The van der Waals surface area contributed by atoms with Crippen LogP contribution in [0.4, 0.5) is 5.69 Å². The fourth-order valence-electron chi connectivity index (χ4n) is 1.87. The van der Waals surface area contributed by atoms with E-state index in [2.05, 4.69) is 4.98 Å². The maximum atomic E-state index is 11.6. The number of rotatable bonds is 1. The minimum absolute atomic E-state index is 0.0644. The van der Waals surface area contributed by atoms with Crippen molar-refractivity contribution in [3.05, 3.63) is 28.2 Å². The summed E-state index contributed by atoms with van der Waals surface area (Å²) < 4.78 is 23.3. The van der Waals surface area contributed by atoms with Crippen LogP contribution in [-0.4, -0.2) is 19.2 Å². The van der Waals surface area contributed by atoms with Gasteiger partial charge in [0.25, 0.3) is 5.56 Å². The largest absolute Gasteiger partial charge is 0.394 e. The molecule has 0 saturated carbocycles. The number of H-pyrrole nitrogens is 1. The topological polar surface area (TPSA) is 93.0 Å². The molecule has 1 aliphatic heterocycles. The van der Waals surface area contributed by atoms with E-state index in [1.54, 1.807) is 0 Å². The standard InChI is InChI=1S/C9H12N2O3S/c10-7-4-6(5-11-9(7)12)8-2-1-3-15(8,13)14/h4-5,8H,1-3,10H2,(H,11,12). The van der Waals surface area contributed by atoms with Crippen LogP contribution in [-0.2, 0) is 9.84 Å². The van der Waals surface area contributed by atoms with E-state index in [4.69, 9.17) is 5.73 Å². The first-order valence-electron chi connectivity index (χ1n) is 4.70. The summed E-state index contributed by atoms with van der Waals surface area (Å²) in [6.07, 6.45) is 2.71. The molecule has 2 rings (SSSR count). The molecule has 1 fully saturated rings. The maximum absolute atomic E-state index is 11.6. The van der Waals surface area contributed by atoms with Crippen molar-refractivity contribution >= 4 is 15.5 Å². The summed E-state index contributed by atoms with van der Waals surface area (Å²) in [6, 6.07) is 1.45. The zero-order chi connectivity index (χ0) is 11.1. The van der Waals surface area contributed by atoms with E-state index in [1.807, 2.05) is 0 Å². The molecule has 1 aromatic rings. The number of hydrogen-bond acceptors (Lipinski definition) is 4. The van der Waals surface area contributed by atoms with Crippen LogP contribution < -0.4 is 11.3 Å². The fraction of sp³-hybridized carbons (Fsp3) is 0.444. The van der Waals surface area contributed by atoms with E-state index < -0.39 is 15.1 Å². The van der Waals surface area contributed by atoms with E-state index in [0.29, 0.717) is 18.4 Å². The second-order valence-electron chi connectivity index (χ2n) is 3.72. The van der Waals surface area contributed by atoms with Crippen LogP contribution in [0.1, 0.15) is 23.7 Å². The van der Waals surface area contributed by atoms with E-state index in [1.165, 1.54) is 12.3 Å². The van der Waals surface area contributed by atoms with Crippen molar-refractivity contribution in [3.63, 3.8) is 0 Å². The molecule has 1 aliphatic rings. The Balaban J connectivity index is 2.47. The number of nitrogen functional groups attached to an aromatic ring is 1. The summed E-state index contributed by atoms with van der Waals surface area (Å²) in [5.74, 6) is 0.219. The normalized spacial score (nSPS) is 24.1. The first kappa shape index (κ1) is 10.2. The Kier molecular flexibility index (Phi) is 2.30. The SMILES string of the molecule is Nc1cc(C2CCCS2(=O)=O)c[nH]c1=O. The molecule has 1 saturated heterocycles. The Labute approximate surface area is 87.2 Å². The quantitative estimate of drug-likeness (QED) is 0.718. The van der Waals surface area contributed by atoms with Crippen LogP contribution in [0.3, 0.4) is 0 Å². The summed E-state index contributed by atoms with van der Waals surface area (Å²) in [7, 11) is -3.05. The molecule has 0 aliphatic carbocycles. The first-order chi connectivity index (χ1) is 7.00. The molecule has 82 valence electrons. The molecule has 0 radical (unpaired) electrons. The monoisotopic (exact) mass is 228 g/mol. The lowest BCUT2D eigenvalue weighted by Gasteiger charge is -2.09. The highest BCUT2D eigenvalue weighted by atomic mass is 32.2. The van der Waals surface area contributed by atoms with Gasteiger partial charge in [0.05, 0.1) is 16.7 Å². The third kappa shape index (κ3) is 1.77. The third-order valence-electron chi connectivity index (χ3n) is 2.65. The van der Waals surface area contributed by atoms with Gasteiger partial charge in [0.1, 0.15) is 0 Å². The summed E-state index contributed by atoms with van der Waals surface area (Å²) in [6.45, 7) is 0. The van der Waals surface area contributed by atoms with E-state index in [0.717, 1.165) is 0 Å². The number of nitrogens with two attached hydrogens (primary N) is 1. The Morgan fingerprint density at radius 2 is 2.20 bits per heavy atom. The summed E-state index contributed by atoms with van der Waals surface area (Å²) in [4.78, 5) is 13.5. The molecular weight excluding hydrogens is 216 g/mol. The molecule has 1 aromatic heterocycles. The smallest absolute Gasteiger partial charge is 0.271 e. The van der Waals surface area contributed by atoms with Gasteiger partial charge in [-0.3, -0.25) is 4.79 Å². The Morgan fingerprint density at radius 1 is 1.47 bits per heavy atom. The number of aromatic nitrogens is 1. The average molecular weight is 228 g/mol. The van der Waals surface area contributed by atoms with Crippen LogP contribution >= 0.6 is 0 Å². The zero-order valence-electron chi connectivity index (χ0n) is 8.06. The molecule has 3 N–H and O–H groups in total. The molecule has 0 amide bonds. The predicted octanol–water partition coefficient (Wildman–Crippen LogP) is 0.207. The summed E-state index contributed by atoms with van der Waals surface area (Å²) in [5, 5.41) is -0.503. The van der Waals surface area contributed by atoms with E-state index in [9.17, 15) is 13.2 Å². The second kappa shape index (κ2) is 3.37. The minimum atomic E-state index is -3.05. The van der Waals surface area contributed by atoms with E-state index in [-0.39, 0.29) is 17.0 Å². The fourth-order valence-corrected chi connectivity index (χ4v) is 3.80. The van der Waals surface area contributed by atoms with Crippen molar-refractivity contribution in [2.45, 2.75) is 18.1 Å². The Bertz CT molecular complexity index is 533. The number of sulfone groups is 1. The molecule has 6 heteroatoms. The molecule has 0 spiro atoms. The zero-order valence-corrected chi connectivity index (χ0v) is 8.88. The van der Waals surface area contributed by atoms with Gasteiger partial charge in [-0.15, -0.1) is 0 Å². The van der Waals surface area contributed by atoms with Gasteiger partial charge in [0.2, 0.25) is 0 Å². The Morgan fingerprint density at radius 3 is 2.73 bits per heavy atom. The van der Waals surface area contributed by atoms with Crippen molar-refractivity contribution in [1.82, 2.24) is 4.98 Å². The van der Waals surface area contributed by atoms with Crippen LogP contribution in [0.25, 0.3) is 0 Å². The number of hydrogen-bond donors (Lipinski definition) is 2. The van der Waals surface area contributed by atoms with Crippen LogP contribution in [0.2, 0.25) is 0 Å². The molecular formula is C9H12N2O3S. The average Bonchev–Trinajstić information content (AvgIpc) is 2.50. The van der Waals surface area contributed by atoms with Gasteiger partial charge in [0, 0.05) is 6.20 Å². The van der Waals surface area contributed by atoms with Crippen molar-refractivity contribution in [3.8, 4) is 0 Å². The van der Waals surface area contributed by atoms with Crippen molar-refractivity contribution in [1.29, 1.82) is 0 Å². The van der Waals surface area contributed by atoms with Crippen molar-refractivity contribution in [2.24, 2.45) is 0 Å². The molecule has 1 atom stereocenters. The van der Waals surface area contributed by atoms with Crippen molar-refractivity contribution in [2.75, 3.05) is 11.5 Å². The highest BCUT2D eigenvalue weighted by molar-refractivity contribution is 7.91. The van der Waals surface area contributed by atoms with Gasteiger partial charge in [0.15, 0.2) is 9.84 Å². The maximum Gasteiger partial charge on any atom is 0.271 e. The molecule has 1 unspecified atom stereocenters. The highest BCUT2D eigenvalue weighted by Crippen LogP contribution is 2.34. The molecule has 0 bridgehead atoms. The van der Waals surface area contributed by atoms with Gasteiger partial charge in [-0.2, -0.15) is 0 Å². The summed E-state index contributed by atoms with van der Waals surface area (Å²) >= 11 is 0. The lowest BCUT2D eigenvalue weighted by Crippen LogP contribution is -2.15. The van der Waals surface area contributed by atoms with Gasteiger partial charge >= 0.3 is 0 Å². The lowest BCUT2D eigenvalue weighted by atomic mass is 10.1. The molecule has 2 heterocycles.